The number of amides is 1. The van der Waals surface area contributed by atoms with Crippen LogP contribution in [0.4, 0.5) is 33.7 Å². The van der Waals surface area contributed by atoms with E-state index in [2.05, 4.69) is 10.3 Å². The third kappa shape index (κ3) is 4.88. The predicted molar refractivity (Wildman–Crippen MR) is 121 cm³/mol. The number of nitrogens with one attached hydrogen (secondary N) is 1. The molecule has 6 nitrogen and oxygen atoms in total. The van der Waals surface area contributed by atoms with Gasteiger partial charge in [0.1, 0.15) is 12.2 Å². The Morgan fingerprint density at radius 1 is 1.14 bits per heavy atom. The minimum atomic E-state index is -4.64. The smallest absolute Gasteiger partial charge is 0.396 e. The summed E-state index contributed by atoms with van der Waals surface area (Å²) in [7, 11) is 0. The van der Waals surface area contributed by atoms with Crippen molar-refractivity contribution >= 4 is 17.6 Å². The highest BCUT2D eigenvalue weighted by molar-refractivity contribution is 6.03. The summed E-state index contributed by atoms with van der Waals surface area (Å²) in [6.07, 6.45) is -1.97. The summed E-state index contributed by atoms with van der Waals surface area (Å²) < 4.78 is 79.6. The van der Waals surface area contributed by atoms with Gasteiger partial charge in [-0.2, -0.15) is 18.2 Å². The summed E-state index contributed by atoms with van der Waals surface area (Å²) in [4.78, 5) is 18.5. The zero-order chi connectivity index (χ0) is 25.8. The Morgan fingerprint density at radius 2 is 1.75 bits per heavy atom. The molecule has 3 atom stereocenters. The van der Waals surface area contributed by atoms with E-state index in [-0.39, 0.29) is 23.2 Å². The van der Waals surface area contributed by atoms with Gasteiger partial charge in [-0.25, -0.2) is 8.78 Å². The molecule has 0 bridgehead atoms. The van der Waals surface area contributed by atoms with Gasteiger partial charge in [-0.15, -0.1) is 0 Å². The van der Waals surface area contributed by atoms with Gasteiger partial charge in [-0.1, -0.05) is 13.8 Å². The van der Waals surface area contributed by atoms with Crippen LogP contribution in [-0.4, -0.2) is 36.3 Å². The zero-order valence-corrected chi connectivity index (χ0v) is 20.1. The molecule has 2 aromatic rings. The molecular formula is C25H28F5N3O3. The van der Waals surface area contributed by atoms with Gasteiger partial charge in [-0.3, -0.25) is 4.79 Å². The minimum absolute atomic E-state index is 0.0267. The Labute approximate surface area is 205 Å². The van der Waals surface area contributed by atoms with Crippen LogP contribution in [0.3, 0.4) is 0 Å². The number of carbonyl (C=O) groups is 1. The average Bonchev–Trinajstić information content (AvgIpc) is 3.17. The lowest BCUT2D eigenvalue weighted by Gasteiger charge is -2.49. The van der Waals surface area contributed by atoms with Crippen molar-refractivity contribution in [2.24, 2.45) is 17.3 Å². The third-order valence-electron chi connectivity index (χ3n) is 7.83. The van der Waals surface area contributed by atoms with Gasteiger partial charge in [0.2, 0.25) is 0 Å². The molecule has 3 aliphatic rings. The van der Waals surface area contributed by atoms with E-state index in [0.29, 0.717) is 24.9 Å². The maximum absolute atomic E-state index is 14.6. The second-order valence-corrected chi connectivity index (χ2v) is 10.3. The summed E-state index contributed by atoms with van der Waals surface area (Å²) in [6, 6.07) is 1.68. The lowest BCUT2D eigenvalue weighted by molar-refractivity contribution is -0.130. The molecule has 196 valence electrons. The predicted octanol–water partition coefficient (Wildman–Crippen LogP) is 6.11. The van der Waals surface area contributed by atoms with E-state index >= 15 is 0 Å². The van der Waals surface area contributed by atoms with Crippen molar-refractivity contribution in [2.75, 3.05) is 23.3 Å². The van der Waals surface area contributed by atoms with Crippen molar-refractivity contribution in [2.45, 2.75) is 64.7 Å². The number of hydrogen-bond donors (Lipinski definition) is 1. The molecule has 1 N–H and O–H groups in total. The molecule has 2 heterocycles. The van der Waals surface area contributed by atoms with Crippen LogP contribution in [0, 0.1) is 28.9 Å². The van der Waals surface area contributed by atoms with Crippen LogP contribution in [0.2, 0.25) is 0 Å². The maximum Gasteiger partial charge on any atom is 0.396 e. The monoisotopic (exact) mass is 513 g/mol. The molecule has 3 fully saturated rings. The summed E-state index contributed by atoms with van der Waals surface area (Å²) in [5, 5.41) is 2.25. The van der Waals surface area contributed by atoms with Gasteiger partial charge in [0.25, 0.3) is 11.9 Å². The van der Waals surface area contributed by atoms with E-state index < -0.39 is 47.3 Å². The molecule has 1 aromatic heterocycles. The Balaban J connectivity index is 1.32. The van der Waals surface area contributed by atoms with Crippen LogP contribution in [0.25, 0.3) is 0 Å². The Morgan fingerprint density at radius 3 is 2.31 bits per heavy atom. The van der Waals surface area contributed by atoms with Crippen molar-refractivity contribution in [3.8, 4) is 5.75 Å². The number of oxazole rings is 1. The van der Waals surface area contributed by atoms with Gasteiger partial charge in [0, 0.05) is 36.3 Å². The maximum atomic E-state index is 14.6. The van der Waals surface area contributed by atoms with Gasteiger partial charge in [-0.05, 0) is 43.9 Å². The Hall–Kier alpha value is -2.85. The van der Waals surface area contributed by atoms with Gasteiger partial charge < -0.3 is 19.4 Å². The molecule has 11 heteroatoms. The number of ether oxygens (including phenoxy) is 1. The first-order chi connectivity index (χ1) is 17.0. The molecule has 36 heavy (non-hydrogen) atoms. The summed E-state index contributed by atoms with van der Waals surface area (Å²) in [5.41, 5.74) is -0.808. The van der Waals surface area contributed by atoms with Crippen molar-refractivity contribution in [1.29, 1.82) is 0 Å². The normalized spacial score (nSPS) is 24.3. The zero-order valence-electron chi connectivity index (χ0n) is 20.1. The first kappa shape index (κ1) is 24.8. The van der Waals surface area contributed by atoms with E-state index in [1.807, 2.05) is 13.8 Å². The fraction of sp³-hybridized carbons (Fsp3) is 0.600. The molecule has 1 aliphatic heterocycles. The van der Waals surface area contributed by atoms with Crippen molar-refractivity contribution in [1.82, 2.24) is 4.98 Å². The molecule has 0 radical (unpaired) electrons. The number of fused-ring (bicyclic) bond motifs is 1. The molecule has 1 unspecified atom stereocenters. The summed E-state index contributed by atoms with van der Waals surface area (Å²) in [6.45, 7) is 5.17. The molecule has 1 saturated heterocycles. The van der Waals surface area contributed by atoms with Gasteiger partial charge in [0.15, 0.2) is 23.1 Å². The van der Waals surface area contributed by atoms with Crippen LogP contribution in [-0.2, 0) is 6.42 Å². The third-order valence-corrected chi connectivity index (χ3v) is 7.83. The molecule has 2 saturated carbocycles. The standard InChI is InChI=1S/C25H28F5N3O3/c1-3-24(4-2)11-33(12-24)23-32-20(19(36-23)10-25(28,29)30)22(34)31-15-8-17(26)21(18(27)9-15)35-16-6-13-5-14(13)7-16/h8-9,13-14,16H,3-7,10-12H2,1-2H3,(H,31,34)/t13-,14?,16+/m0/s1. The van der Waals surface area contributed by atoms with Crippen molar-refractivity contribution in [3.05, 3.63) is 35.2 Å². The van der Waals surface area contributed by atoms with Gasteiger partial charge in [0.05, 0.1) is 6.10 Å². The quantitative estimate of drug-likeness (QED) is 0.431. The number of benzene rings is 1. The van der Waals surface area contributed by atoms with Crippen LogP contribution < -0.4 is 15.0 Å². The number of hydrogen-bond acceptors (Lipinski definition) is 5. The number of halogens is 5. The van der Waals surface area contributed by atoms with Crippen molar-refractivity contribution < 1.29 is 35.9 Å². The van der Waals surface area contributed by atoms with Crippen LogP contribution in [0.1, 0.15) is 62.2 Å². The highest BCUT2D eigenvalue weighted by Gasteiger charge is 2.47. The highest BCUT2D eigenvalue weighted by Crippen LogP contribution is 2.52. The first-order valence-electron chi connectivity index (χ1n) is 12.3. The van der Waals surface area contributed by atoms with Gasteiger partial charge >= 0.3 is 6.18 Å². The number of nitrogens with zero attached hydrogens (tertiary/aromatic N) is 2. The lowest BCUT2D eigenvalue weighted by Crippen LogP contribution is -2.56. The van der Waals surface area contributed by atoms with E-state index in [1.165, 1.54) is 0 Å². The van der Waals surface area contributed by atoms with Crippen LogP contribution in [0.15, 0.2) is 16.5 Å². The summed E-state index contributed by atoms with van der Waals surface area (Å²) in [5.74, 6) is -3.10. The molecular weight excluding hydrogens is 485 g/mol. The number of aromatic nitrogens is 1. The lowest BCUT2D eigenvalue weighted by atomic mass is 9.75. The van der Waals surface area contributed by atoms with E-state index in [4.69, 9.17) is 9.15 Å². The fourth-order valence-electron chi connectivity index (χ4n) is 5.41. The summed E-state index contributed by atoms with van der Waals surface area (Å²) >= 11 is 0. The number of alkyl halides is 3. The van der Waals surface area contributed by atoms with E-state index in [0.717, 1.165) is 44.2 Å². The van der Waals surface area contributed by atoms with Crippen LogP contribution in [0.5, 0.6) is 5.75 Å². The van der Waals surface area contributed by atoms with Crippen LogP contribution >= 0.6 is 0 Å². The molecule has 1 aromatic carbocycles. The topological polar surface area (TPSA) is 67.6 Å². The average molecular weight is 514 g/mol. The molecule has 1 amide bonds. The number of rotatable bonds is 8. The molecule has 2 aliphatic carbocycles. The first-order valence-corrected chi connectivity index (χ1v) is 12.3. The van der Waals surface area contributed by atoms with E-state index in [9.17, 15) is 26.7 Å². The van der Waals surface area contributed by atoms with Crippen molar-refractivity contribution in [3.63, 3.8) is 0 Å². The largest absolute Gasteiger partial charge is 0.484 e. The SMILES string of the molecule is CCC1(CC)CN(c2nc(C(=O)Nc3cc(F)c(O[C@H]4CC5C[C@H]5C4)c(F)c3)c(CC(F)(F)F)o2)C1. The number of carbonyl (C=O) groups excluding carboxylic acids is 1. The fourth-order valence-corrected chi connectivity index (χ4v) is 5.41. The Kier molecular flexibility index (Phi) is 6.15. The number of anilines is 2. The second kappa shape index (κ2) is 8.92. The second-order valence-electron chi connectivity index (χ2n) is 10.3. The molecule has 0 spiro atoms. The Bertz CT molecular complexity index is 1120. The van der Waals surface area contributed by atoms with E-state index in [1.54, 1.807) is 4.90 Å². The highest BCUT2D eigenvalue weighted by atomic mass is 19.4. The minimum Gasteiger partial charge on any atom is -0.484 e. The molecule has 5 rings (SSSR count).